The molecule has 0 atom stereocenters. The maximum absolute atomic E-state index is 12.5. The zero-order valence-corrected chi connectivity index (χ0v) is 16.4. The van der Waals surface area contributed by atoms with Gasteiger partial charge < -0.3 is 19.0 Å². The Labute approximate surface area is 166 Å². The number of ether oxygens (including phenoxy) is 2. The molecule has 2 aromatic carbocycles. The second-order valence-electron chi connectivity index (χ2n) is 6.29. The summed E-state index contributed by atoms with van der Waals surface area (Å²) < 4.78 is 16.0. The summed E-state index contributed by atoms with van der Waals surface area (Å²) in [6.07, 6.45) is 0. The fourth-order valence-corrected chi connectivity index (χ4v) is 3.04. The summed E-state index contributed by atoms with van der Waals surface area (Å²) in [7, 11) is 0. The molecule has 7 heteroatoms. The number of aromatic hydroxyl groups is 1. The van der Waals surface area contributed by atoms with Gasteiger partial charge in [0.25, 0.3) is 0 Å². The number of carbonyl (C=O) groups is 1. The highest BCUT2D eigenvalue weighted by atomic mass is 35.5. The van der Waals surface area contributed by atoms with Crippen molar-refractivity contribution in [2.45, 2.75) is 27.4 Å². The molecule has 0 aliphatic heterocycles. The molecule has 1 aromatic heterocycles. The number of rotatable bonds is 5. The fourth-order valence-electron chi connectivity index (χ4n) is 2.83. The minimum absolute atomic E-state index is 0.0187. The van der Waals surface area contributed by atoms with E-state index in [1.54, 1.807) is 6.92 Å². The van der Waals surface area contributed by atoms with Crippen LogP contribution < -0.4 is 10.4 Å². The number of hydrogen-bond donors (Lipinski definition) is 1. The van der Waals surface area contributed by atoms with Crippen molar-refractivity contribution in [2.75, 3.05) is 6.61 Å². The number of halogens is 1. The van der Waals surface area contributed by atoms with Crippen LogP contribution in [-0.4, -0.2) is 17.7 Å². The lowest BCUT2D eigenvalue weighted by Gasteiger charge is -2.11. The summed E-state index contributed by atoms with van der Waals surface area (Å²) in [5.74, 6) is -0.801. The van der Waals surface area contributed by atoms with E-state index >= 15 is 0 Å². The number of benzene rings is 2. The molecule has 28 heavy (non-hydrogen) atoms. The molecular weight excluding hydrogens is 384 g/mol. The predicted octanol–water partition coefficient (Wildman–Crippen LogP) is 4.52. The molecule has 0 amide bonds. The Hall–Kier alpha value is -2.99. The standard InChI is InChI=1S/C21H19ClO6/c1-4-26-17-8-13(7-16(22)19(17)24)21(25)27-10-14-9-18(23)28-20-12(3)11(2)5-6-15(14)20/h5-9,24H,4,10H2,1-3H3. The summed E-state index contributed by atoms with van der Waals surface area (Å²) in [5.41, 5.74) is 2.48. The molecule has 0 saturated carbocycles. The van der Waals surface area contributed by atoms with Gasteiger partial charge in [0.1, 0.15) is 12.2 Å². The van der Waals surface area contributed by atoms with Crippen LogP contribution in [0.3, 0.4) is 0 Å². The molecule has 0 aliphatic rings. The monoisotopic (exact) mass is 402 g/mol. The summed E-state index contributed by atoms with van der Waals surface area (Å²) in [4.78, 5) is 24.4. The minimum atomic E-state index is -0.659. The molecule has 0 fully saturated rings. The van der Waals surface area contributed by atoms with Gasteiger partial charge in [0.2, 0.25) is 0 Å². The highest BCUT2D eigenvalue weighted by Crippen LogP contribution is 2.35. The smallest absolute Gasteiger partial charge is 0.338 e. The van der Waals surface area contributed by atoms with Crippen molar-refractivity contribution < 1.29 is 23.8 Å². The van der Waals surface area contributed by atoms with Crippen LogP contribution in [0.25, 0.3) is 11.0 Å². The quantitative estimate of drug-likeness (QED) is 0.498. The van der Waals surface area contributed by atoms with Gasteiger partial charge in [-0.25, -0.2) is 9.59 Å². The Morgan fingerprint density at radius 3 is 2.68 bits per heavy atom. The minimum Gasteiger partial charge on any atom is -0.503 e. The number of hydrogen-bond acceptors (Lipinski definition) is 6. The highest BCUT2D eigenvalue weighted by molar-refractivity contribution is 6.32. The van der Waals surface area contributed by atoms with Crippen molar-refractivity contribution in [3.05, 3.63) is 68.0 Å². The van der Waals surface area contributed by atoms with Crippen molar-refractivity contribution in [3.63, 3.8) is 0 Å². The normalized spacial score (nSPS) is 10.9. The van der Waals surface area contributed by atoms with E-state index in [9.17, 15) is 14.7 Å². The van der Waals surface area contributed by atoms with Gasteiger partial charge >= 0.3 is 11.6 Å². The first-order valence-corrected chi connectivity index (χ1v) is 9.05. The van der Waals surface area contributed by atoms with Crippen LogP contribution in [0.1, 0.15) is 34.0 Å². The van der Waals surface area contributed by atoms with E-state index in [-0.39, 0.29) is 28.7 Å². The molecule has 0 spiro atoms. The van der Waals surface area contributed by atoms with Gasteiger partial charge in [-0.15, -0.1) is 0 Å². The Bertz CT molecular complexity index is 1120. The molecule has 0 bridgehead atoms. The lowest BCUT2D eigenvalue weighted by Crippen LogP contribution is -2.09. The topological polar surface area (TPSA) is 86.0 Å². The lowest BCUT2D eigenvalue weighted by atomic mass is 10.0. The van der Waals surface area contributed by atoms with Gasteiger partial charge in [0.05, 0.1) is 17.2 Å². The van der Waals surface area contributed by atoms with E-state index in [2.05, 4.69) is 0 Å². The zero-order valence-electron chi connectivity index (χ0n) is 15.7. The highest BCUT2D eigenvalue weighted by Gasteiger charge is 2.17. The van der Waals surface area contributed by atoms with Crippen LogP contribution in [0.15, 0.2) is 39.5 Å². The molecule has 0 radical (unpaired) electrons. The Morgan fingerprint density at radius 2 is 1.96 bits per heavy atom. The summed E-state index contributed by atoms with van der Waals surface area (Å²) in [6, 6.07) is 7.70. The van der Waals surface area contributed by atoms with E-state index in [1.807, 2.05) is 26.0 Å². The van der Waals surface area contributed by atoms with E-state index in [0.29, 0.717) is 23.1 Å². The molecular formula is C21H19ClO6. The Morgan fingerprint density at radius 1 is 1.21 bits per heavy atom. The van der Waals surface area contributed by atoms with Crippen molar-refractivity contribution in [3.8, 4) is 11.5 Å². The van der Waals surface area contributed by atoms with Gasteiger partial charge in [0, 0.05) is 17.0 Å². The molecule has 3 rings (SSSR count). The van der Waals surface area contributed by atoms with Crippen molar-refractivity contribution in [2.24, 2.45) is 0 Å². The van der Waals surface area contributed by atoms with Crippen molar-refractivity contribution >= 4 is 28.5 Å². The van der Waals surface area contributed by atoms with Crippen LogP contribution in [0.4, 0.5) is 0 Å². The molecule has 0 aliphatic carbocycles. The number of esters is 1. The Balaban J connectivity index is 1.90. The average Bonchev–Trinajstić information content (AvgIpc) is 2.66. The summed E-state index contributed by atoms with van der Waals surface area (Å²) >= 11 is 5.96. The van der Waals surface area contributed by atoms with E-state index < -0.39 is 11.6 Å². The first kappa shape index (κ1) is 19.8. The second-order valence-corrected chi connectivity index (χ2v) is 6.70. The third-order valence-electron chi connectivity index (χ3n) is 4.44. The first-order valence-electron chi connectivity index (χ1n) is 8.67. The number of aryl methyl sites for hydroxylation is 2. The molecule has 1 heterocycles. The second kappa shape index (κ2) is 7.94. The third kappa shape index (κ3) is 3.82. The van der Waals surface area contributed by atoms with Gasteiger partial charge in [-0.05, 0) is 44.0 Å². The van der Waals surface area contributed by atoms with Crippen molar-refractivity contribution in [1.82, 2.24) is 0 Å². The molecule has 0 unspecified atom stereocenters. The van der Waals surface area contributed by atoms with E-state index in [0.717, 1.165) is 11.1 Å². The molecule has 0 saturated heterocycles. The van der Waals surface area contributed by atoms with Crippen LogP contribution in [-0.2, 0) is 11.3 Å². The van der Waals surface area contributed by atoms with E-state index in [4.69, 9.17) is 25.5 Å². The zero-order chi connectivity index (χ0) is 20.4. The van der Waals surface area contributed by atoms with Crippen LogP contribution in [0.5, 0.6) is 11.5 Å². The maximum atomic E-state index is 12.5. The van der Waals surface area contributed by atoms with Gasteiger partial charge in [-0.2, -0.15) is 0 Å². The van der Waals surface area contributed by atoms with Gasteiger partial charge in [-0.3, -0.25) is 0 Å². The summed E-state index contributed by atoms with van der Waals surface area (Å²) in [5, 5.41) is 10.6. The molecule has 1 N–H and O–H groups in total. The summed E-state index contributed by atoms with van der Waals surface area (Å²) in [6.45, 7) is 5.71. The largest absolute Gasteiger partial charge is 0.503 e. The lowest BCUT2D eigenvalue weighted by molar-refractivity contribution is 0.0473. The molecule has 3 aromatic rings. The number of fused-ring (bicyclic) bond motifs is 1. The maximum Gasteiger partial charge on any atom is 0.338 e. The number of carbonyl (C=O) groups excluding carboxylic acids is 1. The van der Waals surface area contributed by atoms with E-state index in [1.165, 1.54) is 18.2 Å². The fraction of sp³-hybridized carbons (Fsp3) is 0.238. The van der Waals surface area contributed by atoms with Crippen LogP contribution >= 0.6 is 11.6 Å². The first-order chi connectivity index (χ1) is 13.3. The molecule has 6 nitrogen and oxygen atoms in total. The average molecular weight is 403 g/mol. The van der Waals surface area contributed by atoms with Crippen LogP contribution in [0.2, 0.25) is 5.02 Å². The van der Waals surface area contributed by atoms with Crippen molar-refractivity contribution in [1.29, 1.82) is 0 Å². The van der Waals surface area contributed by atoms with Gasteiger partial charge in [-0.1, -0.05) is 23.7 Å². The predicted molar refractivity (Wildman–Crippen MR) is 105 cm³/mol. The number of phenolic OH excluding ortho intramolecular Hbond substituents is 1. The Kier molecular flexibility index (Phi) is 5.61. The van der Waals surface area contributed by atoms with Crippen LogP contribution in [0, 0.1) is 13.8 Å². The third-order valence-corrected chi connectivity index (χ3v) is 4.73. The molecule has 146 valence electrons. The van der Waals surface area contributed by atoms with Gasteiger partial charge in [0.15, 0.2) is 11.5 Å². The number of phenols is 1. The SMILES string of the molecule is CCOc1cc(C(=O)OCc2cc(=O)oc3c(C)c(C)ccc23)cc(Cl)c1O.